The van der Waals surface area contributed by atoms with Gasteiger partial charge in [-0.05, 0) is 49.6 Å². The van der Waals surface area contributed by atoms with Crippen molar-refractivity contribution >= 4 is 44.7 Å². The van der Waals surface area contributed by atoms with Crippen molar-refractivity contribution in [2.75, 3.05) is 18.8 Å². The standard InChI is InChI=1S/C31H31N7O4S/c1-3-22(39)38-13-7-8-17(15-38)37-30(41)27-24-23-19(11-12-20(32)26(23)43-27)31(34,29(40)25(24)33)28-16(2)36-21(14-35-28)42-18-9-5-4-6-10-18/h3-6,9-12,14,17,25H,1,7-8,13,15,32-34H2,2H3,(H,37,41). The molecule has 1 saturated heterocycles. The number of para-hydroxylation sites is 1. The number of ketones is 1. The third-order valence-corrected chi connectivity index (χ3v) is 9.28. The molecular weight excluding hydrogens is 566 g/mol. The van der Waals surface area contributed by atoms with E-state index >= 15 is 0 Å². The van der Waals surface area contributed by atoms with Crippen molar-refractivity contribution in [3.05, 3.63) is 88.7 Å². The van der Waals surface area contributed by atoms with E-state index in [4.69, 9.17) is 21.9 Å². The third-order valence-electron chi connectivity index (χ3n) is 8.03. The fourth-order valence-corrected chi connectivity index (χ4v) is 7.18. The number of amides is 2. The Balaban J connectivity index is 1.39. The third kappa shape index (κ3) is 4.73. The highest BCUT2D eigenvalue weighted by Gasteiger charge is 2.50. The first-order valence-corrected chi connectivity index (χ1v) is 14.7. The van der Waals surface area contributed by atoms with Gasteiger partial charge in [-0.25, -0.2) is 4.98 Å². The molecule has 43 heavy (non-hydrogen) atoms. The van der Waals surface area contributed by atoms with Crippen molar-refractivity contribution < 1.29 is 19.1 Å². The lowest BCUT2D eigenvalue weighted by Gasteiger charge is -2.36. The van der Waals surface area contributed by atoms with Crippen LogP contribution in [0.1, 0.15) is 51.1 Å². The van der Waals surface area contributed by atoms with Crippen LogP contribution in [0.4, 0.5) is 5.69 Å². The molecule has 1 aliphatic heterocycles. The summed E-state index contributed by atoms with van der Waals surface area (Å²) in [5, 5.41) is 3.61. The van der Waals surface area contributed by atoms with E-state index in [1.165, 1.54) is 23.6 Å². The van der Waals surface area contributed by atoms with E-state index < -0.39 is 17.4 Å². The molecule has 12 heteroatoms. The van der Waals surface area contributed by atoms with E-state index in [1.54, 1.807) is 36.1 Å². The van der Waals surface area contributed by atoms with Gasteiger partial charge in [0.25, 0.3) is 5.91 Å². The molecular formula is C31H31N7O4S. The molecule has 4 aromatic rings. The molecule has 6 rings (SSSR count). The second-order valence-corrected chi connectivity index (χ2v) is 11.8. The monoisotopic (exact) mass is 597 g/mol. The molecule has 3 heterocycles. The number of anilines is 1. The summed E-state index contributed by atoms with van der Waals surface area (Å²) in [6.45, 7) is 6.22. The summed E-state index contributed by atoms with van der Waals surface area (Å²) >= 11 is 1.17. The minimum Gasteiger partial charge on any atom is -0.437 e. The van der Waals surface area contributed by atoms with Gasteiger partial charge in [-0.3, -0.25) is 19.4 Å². The Morgan fingerprint density at radius 2 is 2.00 bits per heavy atom. The number of aromatic nitrogens is 2. The van der Waals surface area contributed by atoms with Crippen molar-refractivity contribution in [2.45, 2.75) is 37.4 Å². The van der Waals surface area contributed by atoms with E-state index in [9.17, 15) is 14.4 Å². The minimum atomic E-state index is -1.75. The quantitative estimate of drug-likeness (QED) is 0.192. The van der Waals surface area contributed by atoms with Crippen molar-refractivity contribution in [3.8, 4) is 11.6 Å². The highest BCUT2D eigenvalue weighted by molar-refractivity contribution is 7.21. The predicted octanol–water partition coefficient (Wildman–Crippen LogP) is 3.07. The number of carbonyl (C=O) groups excluding carboxylic acids is 3. The number of piperidine rings is 1. The first-order chi connectivity index (χ1) is 20.6. The molecule has 11 nitrogen and oxygen atoms in total. The number of rotatable bonds is 6. The van der Waals surface area contributed by atoms with E-state index in [2.05, 4.69) is 21.9 Å². The Morgan fingerprint density at radius 1 is 1.23 bits per heavy atom. The summed E-state index contributed by atoms with van der Waals surface area (Å²) in [5.41, 5.74) is 20.1. The summed E-state index contributed by atoms with van der Waals surface area (Å²) in [6, 6.07) is 11.0. The SMILES string of the molecule is C=CC(=O)N1CCCC(NC(=O)c2sc3c(N)ccc4c3c2C(N)C(=O)C4(N)c2ncc(Oc3ccccc3)nc2C)C1. The zero-order chi connectivity index (χ0) is 30.5. The van der Waals surface area contributed by atoms with Crippen LogP contribution in [0.3, 0.4) is 0 Å². The Hall–Kier alpha value is -4.65. The van der Waals surface area contributed by atoms with Crippen molar-refractivity contribution in [2.24, 2.45) is 11.5 Å². The molecule has 3 unspecified atom stereocenters. The number of aryl methyl sites for hydroxylation is 1. The summed E-state index contributed by atoms with van der Waals surface area (Å²) in [6.07, 6.45) is 4.14. The molecule has 2 aromatic carbocycles. The maximum atomic E-state index is 14.1. The van der Waals surface area contributed by atoms with Crippen molar-refractivity contribution in [3.63, 3.8) is 0 Å². The lowest BCUT2D eigenvalue weighted by molar-refractivity contribution is -0.127. The Labute approximate surface area is 251 Å². The second-order valence-electron chi connectivity index (χ2n) is 10.8. The Morgan fingerprint density at radius 3 is 2.72 bits per heavy atom. The molecule has 1 fully saturated rings. The number of thiophene rings is 1. The topological polar surface area (TPSA) is 180 Å². The van der Waals surface area contributed by atoms with Crippen LogP contribution in [-0.4, -0.2) is 51.6 Å². The molecule has 3 atom stereocenters. The zero-order valence-corrected chi connectivity index (χ0v) is 24.3. The first-order valence-electron chi connectivity index (χ1n) is 13.9. The molecule has 1 aliphatic carbocycles. The van der Waals surface area contributed by atoms with Crippen LogP contribution in [0.5, 0.6) is 11.6 Å². The predicted molar refractivity (Wildman–Crippen MR) is 164 cm³/mol. The molecule has 2 aliphatic rings. The van der Waals surface area contributed by atoms with Crippen LogP contribution < -0.4 is 27.3 Å². The maximum absolute atomic E-state index is 14.1. The van der Waals surface area contributed by atoms with Gasteiger partial charge in [0.1, 0.15) is 11.3 Å². The number of hydrogen-bond donors (Lipinski definition) is 4. The van der Waals surface area contributed by atoms with E-state index in [0.29, 0.717) is 62.7 Å². The van der Waals surface area contributed by atoms with Crippen molar-refractivity contribution in [1.29, 1.82) is 0 Å². The molecule has 2 amide bonds. The molecule has 0 saturated carbocycles. The van der Waals surface area contributed by atoms with Crippen LogP contribution in [0.15, 0.2) is 61.3 Å². The largest absolute Gasteiger partial charge is 0.437 e. The van der Waals surface area contributed by atoms with Gasteiger partial charge in [0.15, 0.2) is 5.78 Å². The number of nitrogen functional groups attached to an aromatic ring is 1. The zero-order valence-electron chi connectivity index (χ0n) is 23.5. The van der Waals surface area contributed by atoms with Crippen LogP contribution in [-0.2, 0) is 15.1 Å². The number of benzene rings is 2. The number of hydrogen-bond acceptors (Lipinski definition) is 10. The van der Waals surface area contributed by atoms with Gasteiger partial charge in [0, 0.05) is 35.8 Å². The fourth-order valence-electron chi connectivity index (χ4n) is 5.98. The average molecular weight is 598 g/mol. The number of nitrogens with zero attached hydrogens (tertiary/aromatic N) is 3. The smallest absolute Gasteiger partial charge is 0.262 e. The number of ether oxygens (including phenoxy) is 1. The number of Topliss-reactive ketones (excluding diaryl/α,β-unsaturated/α-hetero) is 1. The molecule has 7 N–H and O–H groups in total. The number of nitrogens with one attached hydrogen (secondary N) is 1. The van der Waals surface area contributed by atoms with Crippen LogP contribution in [0.25, 0.3) is 10.1 Å². The molecule has 0 radical (unpaired) electrons. The lowest BCUT2D eigenvalue weighted by atomic mass is 9.71. The average Bonchev–Trinajstić information content (AvgIpc) is 3.42. The van der Waals surface area contributed by atoms with Gasteiger partial charge in [-0.2, -0.15) is 0 Å². The molecule has 2 aromatic heterocycles. The van der Waals surface area contributed by atoms with Gasteiger partial charge in [0.05, 0.1) is 33.2 Å². The Kier molecular flexibility index (Phi) is 7.20. The highest BCUT2D eigenvalue weighted by Crippen LogP contribution is 2.49. The minimum absolute atomic E-state index is 0.182. The number of nitrogens with two attached hydrogens (primary N) is 3. The van der Waals surface area contributed by atoms with Crippen LogP contribution >= 0.6 is 11.3 Å². The fraction of sp³-hybridized carbons (Fsp3) is 0.258. The molecule has 220 valence electrons. The molecule has 0 spiro atoms. The van der Waals surface area contributed by atoms with Gasteiger partial charge in [-0.1, -0.05) is 30.8 Å². The summed E-state index contributed by atoms with van der Waals surface area (Å²) in [4.78, 5) is 51.0. The first kappa shape index (κ1) is 28.5. The highest BCUT2D eigenvalue weighted by atomic mass is 32.1. The van der Waals surface area contributed by atoms with Gasteiger partial charge < -0.3 is 32.2 Å². The summed E-state index contributed by atoms with van der Waals surface area (Å²) in [7, 11) is 0. The van der Waals surface area contributed by atoms with Gasteiger partial charge in [-0.15, -0.1) is 11.3 Å². The van der Waals surface area contributed by atoms with Gasteiger partial charge >= 0.3 is 0 Å². The lowest BCUT2D eigenvalue weighted by Crippen LogP contribution is -2.53. The van der Waals surface area contributed by atoms with Crippen molar-refractivity contribution in [1.82, 2.24) is 20.2 Å². The second kappa shape index (κ2) is 10.9. The van der Waals surface area contributed by atoms with Gasteiger partial charge in [0.2, 0.25) is 11.8 Å². The maximum Gasteiger partial charge on any atom is 0.262 e. The molecule has 0 bridgehead atoms. The van der Waals surface area contributed by atoms with E-state index in [1.807, 2.05) is 18.2 Å². The van der Waals surface area contributed by atoms with Crippen LogP contribution in [0.2, 0.25) is 0 Å². The number of likely N-dealkylation sites (tertiary alicyclic amines) is 1. The Bertz CT molecular complexity index is 1790. The van der Waals surface area contributed by atoms with Crippen LogP contribution in [0, 0.1) is 6.92 Å². The normalized spacial score (nSPS) is 21.5. The van der Waals surface area contributed by atoms with E-state index in [-0.39, 0.29) is 29.4 Å². The summed E-state index contributed by atoms with van der Waals surface area (Å²) < 4.78 is 6.43. The van der Waals surface area contributed by atoms with E-state index in [0.717, 1.165) is 6.42 Å². The number of carbonyl (C=O) groups is 3. The summed E-state index contributed by atoms with van der Waals surface area (Å²) in [5.74, 6) is -0.251.